The third kappa shape index (κ3) is 13.0. The minimum Gasteiger partial charge on any atom is -0.508 e. The molecule has 17 heteroatoms. The molecule has 62 heavy (non-hydrogen) atoms. The first-order valence-electron chi connectivity index (χ1n) is 20.5. The number of hydrogen-bond acceptors (Lipinski definition) is 16. The van der Waals surface area contributed by atoms with Crippen LogP contribution < -0.4 is 40.6 Å². The van der Waals surface area contributed by atoms with E-state index in [1.807, 2.05) is 24.3 Å². The molecule has 0 unspecified atom stereocenters. The van der Waals surface area contributed by atoms with Gasteiger partial charge in [0.05, 0.1) is 98.7 Å². The zero-order chi connectivity index (χ0) is 44.6. The van der Waals surface area contributed by atoms with Crippen LogP contribution in [0.5, 0.6) is 28.7 Å². The molecule has 17 nitrogen and oxygen atoms in total. The summed E-state index contributed by atoms with van der Waals surface area (Å²) in [5.41, 5.74) is 15.7. The molecule has 0 aliphatic carbocycles. The Bertz CT molecular complexity index is 2130. The van der Waals surface area contributed by atoms with E-state index in [0.717, 1.165) is 27.9 Å². The number of nitrogens with zero attached hydrogens (tertiary/aromatic N) is 3. The molecule has 0 bridgehead atoms. The average Bonchev–Trinajstić information content (AvgIpc) is 3.24. The topological polar surface area (TPSA) is 212 Å². The van der Waals surface area contributed by atoms with Crippen molar-refractivity contribution in [3.63, 3.8) is 0 Å². The Kier molecular flexibility index (Phi) is 17.6. The highest BCUT2D eigenvalue weighted by Crippen LogP contribution is 2.46. The highest BCUT2D eigenvalue weighted by molar-refractivity contribution is 5.72. The fraction of sp³-hybridized carbons (Fsp3) is 0.489. The summed E-state index contributed by atoms with van der Waals surface area (Å²) in [4.78, 5) is 20.9. The lowest BCUT2D eigenvalue weighted by atomic mass is 9.78. The number of fused-ring (bicyclic) bond motifs is 3. The van der Waals surface area contributed by atoms with E-state index in [9.17, 15) is 9.90 Å². The summed E-state index contributed by atoms with van der Waals surface area (Å²) >= 11 is 0. The van der Waals surface area contributed by atoms with Crippen LogP contribution in [-0.4, -0.2) is 120 Å². The fourth-order valence-corrected chi connectivity index (χ4v) is 6.92. The molecule has 1 aliphatic rings. The van der Waals surface area contributed by atoms with Gasteiger partial charge in [0.15, 0.2) is 28.4 Å². The summed E-state index contributed by atoms with van der Waals surface area (Å²) in [6.07, 6.45) is 4.47. The Morgan fingerprint density at radius 1 is 0.758 bits per heavy atom. The van der Waals surface area contributed by atoms with Gasteiger partial charge in [0.2, 0.25) is 11.7 Å². The van der Waals surface area contributed by atoms with Crippen LogP contribution in [0.1, 0.15) is 49.1 Å². The molecule has 5 N–H and O–H groups in total. The molecule has 338 valence electrons. The zero-order valence-corrected chi connectivity index (χ0v) is 36.7. The van der Waals surface area contributed by atoms with Crippen molar-refractivity contribution in [2.75, 3.05) is 112 Å². The fourth-order valence-electron chi connectivity index (χ4n) is 6.92. The van der Waals surface area contributed by atoms with Crippen molar-refractivity contribution >= 4 is 17.5 Å². The Hall–Kier alpha value is -5.59. The summed E-state index contributed by atoms with van der Waals surface area (Å²) < 4.78 is 59.1. The Balaban J connectivity index is 0.898. The smallest absolute Gasteiger partial charge is 0.221 e. The van der Waals surface area contributed by atoms with Crippen LogP contribution in [0.25, 0.3) is 17.0 Å². The molecule has 3 heterocycles. The molecule has 0 saturated carbocycles. The number of nitrogens with two attached hydrogens (primary N) is 2. The first kappa shape index (κ1) is 47.5. The molecule has 0 fully saturated rings. The number of anilines is 2. The lowest BCUT2D eigenvalue weighted by Crippen LogP contribution is -2.32. The van der Waals surface area contributed by atoms with Gasteiger partial charge in [-0.3, -0.25) is 4.79 Å². The molecule has 1 aliphatic heterocycles. The molecule has 0 saturated heterocycles. The first-order valence-corrected chi connectivity index (χ1v) is 20.5. The SMILES string of the molecule is C=C(O)c1cn2c(cc1=O)-c1cc(OC)c(OCCOCCOCCOCCOCCOCCOc3c(OC)cc(Cc4cnc(N)nc4N)cc3OC)cc1C[C@H]2C(C)(C)C. The van der Waals surface area contributed by atoms with E-state index < -0.39 is 0 Å². The third-order valence-electron chi connectivity index (χ3n) is 10.1. The summed E-state index contributed by atoms with van der Waals surface area (Å²) in [6.45, 7) is 14.7. The van der Waals surface area contributed by atoms with E-state index in [0.29, 0.717) is 120 Å². The van der Waals surface area contributed by atoms with Gasteiger partial charge in [-0.15, -0.1) is 0 Å². The van der Waals surface area contributed by atoms with Gasteiger partial charge in [-0.25, -0.2) is 4.98 Å². The van der Waals surface area contributed by atoms with Crippen molar-refractivity contribution < 1.29 is 52.5 Å². The maximum atomic E-state index is 12.9. The van der Waals surface area contributed by atoms with Crippen LogP contribution in [0.3, 0.4) is 0 Å². The monoisotopic (exact) mass is 863 g/mol. The molecule has 0 amide bonds. The average molecular weight is 864 g/mol. The molecule has 0 spiro atoms. The van der Waals surface area contributed by atoms with Gasteiger partial charge in [-0.1, -0.05) is 27.4 Å². The maximum absolute atomic E-state index is 12.9. The van der Waals surface area contributed by atoms with Gasteiger partial charge >= 0.3 is 0 Å². The number of pyridine rings is 1. The molecule has 1 atom stereocenters. The summed E-state index contributed by atoms with van der Waals surface area (Å²) in [5.74, 6) is 2.84. The van der Waals surface area contributed by atoms with Crippen LogP contribution in [0, 0.1) is 5.41 Å². The number of aliphatic hydroxyl groups excluding tert-OH is 1. The Labute approximate surface area is 362 Å². The lowest BCUT2D eigenvalue weighted by Gasteiger charge is -2.39. The van der Waals surface area contributed by atoms with Crippen LogP contribution in [0.4, 0.5) is 11.8 Å². The standard InChI is InChI=1S/C45H61N5O12/c1-29(51)34-28-50-35(26-36(34)52)33-25-37(53-5)38(23-31(33)24-41(50)45(2,3)4)61-18-16-59-14-12-57-10-8-56-9-11-58-13-15-60-17-19-62-42-39(54-6)21-30(22-40(42)55-7)20-32-27-48-44(47)49-43(32)46/h21-23,25-28,41,51H,1,8-20,24H2,2-7H3,(H4,46,47,48,49)/t41-/m0/s1. The second-order valence-electron chi connectivity index (χ2n) is 15.4. The number of aromatic nitrogens is 3. The van der Waals surface area contributed by atoms with E-state index >= 15 is 0 Å². The van der Waals surface area contributed by atoms with E-state index in [4.69, 9.17) is 58.8 Å². The lowest BCUT2D eigenvalue weighted by molar-refractivity contribution is -0.0142. The minimum absolute atomic E-state index is 0.0244. The zero-order valence-electron chi connectivity index (χ0n) is 36.7. The van der Waals surface area contributed by atoms with Gasteiger partial charge in [-0.05, 0) is 47.2 Å². The number of hydrogen-bond donors (Lipinski definition) is 3. The number of methoxy groups -OCH3 is 3. The molecule has 2 aromatic carbocycles. The van der Waals surface area contributed by atoms with Crippen molar-refractivity contribution in [1.82, 2.24) is 14.5 Å². The van der Waals surface area contributed by atoms with Crippen molar-refractivity contribution in [2.45, 2.75) is 39.7 Å². The number of rotatable bonds is 26. The van der Waals surface area contributed by atoms with Crippen LogP contribution >= 0.6 is 0 Å². The van der Waals surface area contributed by atoms with Crippen LogP contribution in [-0.2, 0) is 36.5 Å². The molecular formula is C45H61N5O12. The van der Waals surface area contributed by atoms with Gasteiger partial charge < -0.3 is 68.5 Å². The minimum atomic E-state index is -0.291. The number of ether oxygens (including phenoxy) is 10. The van der Waals surface area contributed by atoms with Gasteiger partial charge in [-0.2, -0.15) is 4.98 Å². The highest BCUT2D eigenvalue weighted by Gasteiger charge is 2.34. The predicted octanol–water partition coefficient (Wildman–Crippen LogP) is 5.30. The summed E-state index contributed by atoms with van der Waals surface area (Å²) in [6, 6.07) is 9.17. The number of aliphatic hydroxyl groups is 1. The second-order valence-corrected chi connectivity index (χ2v) is 15.4. The maximum Gasteiger partial charge on any atom is 0.221 e. The number of benzene rings is 2. The van der Waals surface area contributed by atoms with E-state index in [1.165, 1.54) is 0 Å². The molecular weight excluding hydrogens is 803 g/mol. The largest absolute Gasteiger partial charge is 0.508 e. The van der Waals surface area contributed by atoms with Crippen molar-refractivity contribution in [3.05, 3.63) is 81.8 Å². The van der Waals surface area contributed by atoms with Gasteiger partial charge in [0.1, 0.15) is 24.8 Å². The molecule has 4 aromatic rings. The third-order valence-corrected chi connectivity index (χ3v) is 10.1. The molecule has 2 aromatic heterocycles. The van der Waals surface area contributed by atoms with Crippen molar-refractivity contribution in [1.29, 1.82) is 0 Å². The van der Waals surface area contributed by atoms with E-state index in [-0.39, 0.29) is 40.8 Å². The normalized spacial score (nSPS) is 13.3. The Morgan fingerprint density at radius 2 is 1.29 bits per heavy atom. The van der Waals surface area contributed by atoms with Crippen LogP contribution in [0.15, 0.2) is 54.1 Å². The summed E-state index contributed by atoms with van der Waals surface area (Å²) in [5, 5.41) is 10.0. The highest BCUT2D eigenvalue weighted by atomic mass is 16.6. The molecule has 0 radical (unpaired) electrons. The second kappa shape index (κ2) is 23.0. The van der Waals surface area contributed by atoms with Gasteiger partial charge in [0.25, 0.3) is 0 Å². The van der Waals surface area contributed by atoms with Gasteiger partial charge in [0, 0.05) is 42.0 Å². The number of nitrogen functional groups attached to an aromatic ring is 2. The van der Waals surface area contributed by atoms with Crippen molar-refractivity contribution in [2.24, 2.45) is 5.41 Å². The quantitative estimate of drug-likeness (QED) is 0.0540. The summed E-state index contributed by atoms with van der Waals surface area (Å²) in [7, 11) is 4.70. The first-order chi connectivity index (χ1) is 29.8. The van der Waals surface area contributed by atoms with Crippen LogP contribution in [0.2, 0.25) is 0 Å². The Morgan fingerprint density at radius 3 is 1.79 bits per heavy atom. The van der Waals surface area contributed by atoms with E-state index in [1.54, 1.807) is 39.8 Å². The van der Waals surface area contributed by atoms with Crippen molar-refractivity contribution in [3.8, 4) is 40.0 Å². The molecule has 5 rings (SSSR count). The predicted molar refractivity (Wildman–Crippen MR) is 235 cm³/mol. The van der Waals surface area contributed by atoms with E-state index in [2.05, 4.69) is 41.9 Å².